The van der Waals surface area contributed by atoms with Gasteiger partial charge in [-0.05, 0) is 41.5 Å². The Balaban J connectivity index is 1.70. The van der Waals surface area contributed by atoms with Crippen molar-refractivity contribution in [3.05, 3.63) is 71.4 Å². The van der Waals surface area contributed by atoms with E-state index in [-0.39, 0.29) is 0 Å². The van der Waals surface area contributed by atoms with E-state index >= 15 is 0 Å². The topological polar surface area (TPSA) is 33.1 Å². The molecule has 0 radical (unpaired) electrons. The molecule has 1 aliphatic rings. The fraction of sp³-hybridized carbons (Fsp3) is 0.240. The highest BCUT2D eigenvalue weighted by molar-refractivity contribution is 6.37. The summed E-state index contributed by atoms with van der Waals surface area (Å²) >= 11 is 6.55. The first-order valence-corrected chi connectivity index (χ1v) is 11.1. The summed E-state index contributed by atoms with van der Waals surface area (Å²) in [4.78, 5) is 6.79. The van der Waals surface area contributed by atoms with Crippen LogP contribution in [0.5, 0.6) is 0 Å². The summed E-state index contributed by atoms with van der Waals surface area (Å²) in [5.41, 5.74) is 3.80. The van der Waals surface area contributed by atoms with Crippen molar-refractivity contribution in [1.82, 2.24) is 14.9 Å². The molecule has 2 aromatic heterocycles. The summed E-state index contributed by atoms with van der Waals surface area (Å²) in [5, 5.41) is 4.44. The third kappa shape index (κ3) is 3.96. The molecule has 0 saturated carbocycles. The maximum Gasteiger partial charge on any atom is 0.416 e. The first-order chi connectivity index (χ1) is 15.8. The molecule has 170 valence electrons. The van der Waals surface area contributed by atoms with Crippen molar-refractivity contribution in [1.29, 1.82) is 0 Å². The minimum absolute atomic E-state index is 0.450. The lowest BCUT2D eigenvalue weighted by Crippen LogP contribution is -2.43. The number of halogens is 4. The van der Waals surface area contributed by atoms with E-state index in [4.69, 9.17) is 11.6 Å². The van der Waals surface area contributed by atoms with Gasteiger partial charge in [-0.2, -0.15) is 13.2 Å². The third-order valence-corrected chi connectivity index (χ3v) is 6.44. The maximum absolute atomic E-state index is 13.5. The number of pyridine rings is 1. The summed E-state index contributed by atoms with van der Waals surface area (Å²) in [5.74, 6) is 0. The number of rotatable bonds is 3. The van der Waals surface area contributed by atoms with Gasteiger partial charge in [0.1, 0.15) is 5.65 Å². The fourth-order valence-electron chi connectivity index (χ4n) is 4.53. The van der Waals surface area contributed by atoms with Crippen LogP contribution in [0.4, 0.5) is 18.9 Å². The molecule has 1 saturated heterocycles. The summed E-state index contributed by atoms with van der Waals surface area (Å²) in [6.45, 7) is 3.74. The predicted molar refractivity (Wildman–Crippen MR) is 127 cm³/mol. The summed E-state index contributed by atoms with van der Waals surface area (Å²) in [6.07, 6.45) is -2.83. The number of hydrogen-bond acceptors (Lipinski definition) is 3. The molecule has 8 heteroatoms. The van der Waals surface area contributed by atoms with Crippen LogP contribution in [0.3, 0.4) is 0 Å². The number of fused-ring (bicyclic) bond motifs is 1. The number of alkyl halides is 3. The van der Waals surface area contributed by atoms with Gasteiger partial charge in [0, 0.05) is 56.1 Å². The lowest BCUT2D eigenvalue weighted by atomic mass is 9.97. The second-order valence-electron chi connectivity index (χ2n) is 8.14. The highest BCUT2D eigenvalue weighted by Gasteiger charge is 2.31. The van der Waals surface area contributed by atoms with Gasteiger partial charge in [-0.3, -0.25) is 0 Å². The van der Waals surface area contributed by atoms with Gasteiger partial charge < -0.3 is 14.8 Å². The molecule has 3 heterocycles. The average Bonchev–Trinajstić information content (AvgIpc) is 3.13. The Bertz CT molecular complexity index is 1310. The Morgan fingerprint density at radius 2 is 1.70 bits per heavy atom. The lowest BCUT2D eigenvalue weighted by molar-refractivity contribution is -0.137. The summed E-state index contributed by atoms with van der Waals surface area (Å²) < 4.78 is 42.3. The maximum atomic E-state index is 13.5. The Labute approximate surface area is 194 Å². The van der Waals surface area contributed by atoms with Crippen LogP contribution in [-0.2, 0) is 13.2 Å². The van der Waals surface area contributed by atoms with Gasteiger partial charge in [-0.1, -0.05) is 35.9 Å². The van der Waals surface area contributed by atoms with Crippen LogP contribution < -0.4 is 10.2 Å². The third-order valence-electron chi connectivity index (χ3n) is 6.12. The average molecular weight is 471 g/mol. The molecule has 0 aliphatic carbocycles. The number of aromatic nitrogens is 2. The van der Waals surface area contributed by atoms with Gasteiger partial charge in [0.2, 0.25) is 0 Å². The molecule has 1 fully saturated rings. The number of hydrogen-bond donors (Lipinski definition) is 1. The van der Waals surface area contributed by atoms with E-state index in [1.54, 1.807) is 18.3 Å². The van der Waals surface area contributed by atoms with Crippen molar-refractivity contribution in [2.45, 2.75) is 6.18 Å². The van der Waals surface area contributed by atoms with E-state index in [0.29, 0.717) is 27.2 Å². The number of nitrogens with zero attached hydrogens (tertiary/aromatic N) is 3. The van der Waals surface area contributed by atoms with Crippen molar-refractivity contribution < 1.29 is 13.2 Å². The Morgan fingerprint density at radius 3 is 2.39 bits per heavy atom. The summed E-state index contributed by atoms with van der Waals surface area (Å²) in [7, 11) is 1.86. The van der Waals surface area contributed by atoms with Crippen molar-refractivity contribution in [3.63, 3.8) is 0 Å². The zero-order valence-corrected chi connectivity index (χ0v) is 18.7. The standard InChI is InChI=1S/C25H22ClF3N4/c1-32-23(16-5-7-19(8-6-16)33-13-11-30-12-14-33)21(22-20(26)9-10-31-24(22)32)17-3-2-4-18(15-17)25(27,28)29/h2-10,15,30H,11-14H2,1H3. The van der Waals surface area contributed by atoms with Crippen LogP contribution in [0.15, 0.2) is 60.8 Å². The van der Waals surface area contributed by atoms with Crippen LogP contribution in [-0.4, -0.2) is 35.7 Å². The molecule has 0 spiro atoms. The Morgan fingerprint density at radius 1 is 0.970 bits per heavy atom. The number of benzene rings is 2. The van der Waals surface area contributed by atoms with Crippen LogP contribution >= 0.6 is 11.6 Å². The Hall–Kier alpha value is -3.03. The molecule has 1 aliphatic heterocycles. The van der Waals surface area contributed by atoms with Gasteiger partial charge in [0.05, 0.1) is 16.3 Å². The second kappa shape index (κ2) is 8.39. The lowest BCUT2D eigenvalue weighted by Gasteiger charge is -2.29. The van der Waals surface area contributed by atoms with Gasteiger partial charge in [-0.15, -0.1) is 0 Å². The van der Waals surface area contributed by atoms with Gasteiger partial charge in [-0.25, -0.2) is 4.98 Å². The smallest absolute Gasteiger partial charge is 0.369 e. The highest BCUT2D eigenvalue weighted by Crippen LogP contribution is 2.44. The van der Waals surface area contributed by atoms with E-state index in [1.807, 2.05) is 23.7 Å². The molecule has 0 bridgehead atoms. The van der Waals surface area contributed by atoms with E-state index in [1.165, 1.54) is 12.1 Å². The fourth-order valence-corrected chi connectivity index (χ4v) is 4.76. The van der Waals surface area contributed by atoms with Crippen LogP contribution in [0, 0.1) is 0 Å². The first-order valence-electron chi connectivity index (χ1n) is 10.7. The van der Waals surface area contributed by atoms with Crippen molar-refractivity contribution in [3.8, 4) is 22.4 Å². The quantitative estimate of drug-likeness (QED) is 0.399. The molecule has 2 aromatic carbocycles. The molecule has 0 unspecified atom stereocenters. The Kier molecular flexibility index (Phi) is 5.54. The molecule has 4 aromatic rings. The van der Waals surface area contributed by atoms with Crippen molar-refractivity contribution in [2.75, 3.05) is 31.1 Å². The van der Waals surface area contributed by atoms with Crippen LogP contribution in [0.25, 0.3) is 33.4 Å². The van der Waals surface area contributed by atoms with Crippen molar-refractivity contribution in [2.24, 2.45) is 7.05 Å². The highest BCUT2D eigenvalue weighted by atomic mass is 35.5. The number of piperazine rings is 1. The SMILES string of the molecule is Cn1c(-c2ccc(N3CCNCC3)cc2)c(-c2cccc(C(F)(F)F)c2)c2c(Cl)ccnc21. The zero-order valence-electron chi connectivity index (χ0n) is 18.0. The van der Waals surface area contributed by atoms with E-state index in [2.05, 4.69) is 27.3 Å². The van der Waals surface area contributed by atoms with Crippen LogP contribution in [0.1, 0.15) is 5.56 Å². The molecular weight excluding hydrogens is 449 g/mol. The molecular formula is C25H22ClF3N4. The molecule has 33 heavy (non-hydrogen) atoms. The minimum Gasteiger partial charge on any atom is -0.369 e. The van der Waals surface area contributed by atoms with Gasteiger partial charge in [0.25, 0.3) is 0 Å². The molecule has 5 rings (SSSR count). The van der Waals surface area contributed by atoms with E-state index in [0.717, 1.165) is 49.2 Å². The van der Waals surface area contributed by atoms with Gasteiger partial charge in [0.15, 0.2) is 0 Å². The van der Waals surface area contributed by atoms with Crippen LogP contribution in [0.2, 0.25) is 5.02 Å². The summed E-state index contributed by atoms with van der Waals surface area (Å²) in [6, 6.07) is 15.2. The number of aryl methyl sites for hydroxylation is 1. The van der Waals surface area contributed by atoms with E-state index in [9.17, 15) is 13.2 Å². The normalized spacial score (nSPS) is 14.8. The molecule has 0 atom stereocenters. The number of nitrogens with one attached hydrogen (secondary N) is 1. The minimum atomic E-state index is -4.44. The van der Waals surface area contributed by atoms with Gasteiger partial charge >= 0.3 is 6.18 Å². The van der Waals surface area contributed by atoms with E-state index < -0.39 is 11.7 Å². The largest absolute Gasteiger partial charge is 0.416 e. The predicted octanol–water partition coefficient (Wildman–Crippen LogP) is 5.99. The zero-order chi connectivity index (χ0) is 23.2. The second-order valence-corrected chi connectivity index (χ2v) is 8.54. The number of anilines is 1. The first kappa shape index (κ1) is 21.8. The molecule has 0 amide bonds. The van der Waals surface area contributed by atoms with Crippen molar-refractivity contribution >= 4 is 28.3 Å². The monoisotopic (exact) mass is 470 g/mol. The molecule has 1 N–H and O–H groups in total. The molecule has 4 nitrogen and oxygen atoms in total.